The number of carbonyl (C=O) groups is 1. The minimum absolute atomic E-state index is 0.341. The van der Waals surface area contributed by atoms with E-state index in [1.807, 2.05) is 6.07 Å². The fourth-order valence-corrected chi connectivity index (χ4v) is 1.36. The van der Waals surface area contributed by atoms with Gasteiger partial charge in [-0.3, -0.25) is 4.42 Å². The highest BCUT2D eigenvalue weighted by molar-refractivity contribution is 6.25. The molecule has 1 aromatic heterocycles. The Morgan fingerprint density at radius 2 is 2.16 bits per heavy atom. The Bertz CT molecular complexity index is 488. The summed E-state index contributed by atoms with van der Waals surface area (Å²) >= 11 is 5.93. The summed E-state index contributed by atoms with van der Waals surface area (Å²) in [7, 11) is 0. The van der Waals surface area contributed by atoms with Gasteiger partial charge in [-0.1, -0.05) is 0 Å². The standard InChI is InChI=1S/C13H16ClN3O2/c1-9(7-15)17(14)11-6-5-10(8-16-11)12(18)19-13(2,3)4/h5-6,8-9H,1-4H3/t9-/m1/s1. The summed E-state index contributed by atoms with van der Waals surface area (Å²) in [5.74, 6) is -0.0379. The highest BCUT2D eigenvalue weighted by Crippen LogP contribution is 2.18. The minimum atomic E-state index is -0.552. The largest absolute Gasteiger partial charge is 0.456 e. The molecule has 19 heavy (non-hydrogen) atoms. The van der Waals surface area contributed by atoms with Crippen LogP contribution in [-0.4, -0.2) is 22.6 Å². The second-order valence-electron chi connectivity index (χ2n) is 5.02. The van der Waals surface area contributed by atoms with Gasteiger partial charge in [-0.2, -0.15) is 5.26 Å². The van der Waals surface area contributed by atoms with Crippen molar-refractivity contribution in [2.24, 2.45) is 0 Å². The number of nitriles is 1. The number of rotatable bonds is 3. The number of hydrogen-bond donors (Lipinski definition) is 0. The molecule has 0 spiro atoms. The zero-order valence-electron chi connectivity index (χ0n) is 11.3. The third-order valence-electron chi connectivity index (χ3n) is 2.13. The predicted molar refractivity (Wildman–Crippen MR) is 72.8 cm³/mol. The van der Waals surface area contributed by atoms with Crippen molar-refractivity contribution in [3.8, 4) is 6.07 Å². The lowest BCUT2D eigenvalue weighted by Crippen LogP contribution is -2.24. The first-order valence-corrected chi connectivity index (χ1v) is 6.12. The van der Waals surface area contributed by atoms with Gasteiger partial charge < -0.3 is 4.74 Å². The third-order valence-corrected chi connectivity index (χ3v) is 2.59. The van der Waals surface area contributed by atoms with Crippen molar-refractivity contribution in [2.45, 2.75) is 39.3 Å². The number of halogens is 1. The molecule has 0 saturated heterocycles. The maximum absolute atomic E-state index is 11.8. The van der Waals surface area contributed by atoms with Gasteiger partial charge in [-0.25, -0.2) is 9.78 Å². The van der Waals surface area contributed by atoms with Crippen LogP contribution >= 0.6 is 11.8 Å². The van der Waals surface area contributed by atoms with Crippen LogP contribution in [0.5, 0.6) is 0 Å². The molecule has 0 amide bonds. The molecule has 1 rings (SSSR count). The fourth-order valence-electron chi connectivity index (χ4n) is 1.22. The summed E-state index contributed by atoms with van der Waals surface area (Å²) in [6, 6.07) is 4.62. The molecule has 102 valence electrons. The molecule has 0 N–H and O–H groups in total. The molecule has 0 aromatic carbocycles. The van der Waals surface area contributed by atoms with Crippen molar-refractivity contribution in [3.05, 3.63) is 23.9 Å². The molecule has 1 heterocycles. The Morgan fingerprint density at radius 1 is 1.53 bits per heavy atom. The Labute approximate surface area is 117 Å². The van der Waals surface area contributed by atoms with Crippen molar-refractivity contribution in [3.63, 3.8) is 0 Å². The van der Waals surface area contributed by atoms with Crippen LogP contribution in [0.15, 0.2) is 18.3 Å². The zero-order chi connectivity index (χ0) is 14.6. The lowest BCUT2D eigenvalue weighted by atomic mass is 10.2. The highest BCUT2D eigenvalue weighted by atomic mass is 35.5. The molecule has 5 nitrogen and oxygen atoms in total. The van der Waals surface area contributed by atoms with E-state index < -0.39 is 17.6 Å². The highest BCUT2D eigenvalue weighted by Gasteiger charge is 2.19. The summed E-state index contributed by atoms with van der Waals surface area (Å²) < 4.78 is 6.42. The van der Waals surface area contributed by atoms with Crippen molar-refractivity contribution in [1.29, 1.82) is 5.26 Å². The van der Waals surface area contributed by atoms with E-state index in [0.717, 1.165) is 0 Å². The number of nitrogens with zero attached hydrogens (tertiary/aromatic N) is 3. The molecule has 0 fully saturated rings. The van der Waals surface area contributed by atoms with Crippen LogP contribution in [0.4, 0.5) is 5.82 Å². The Kier molecular flexibility index (Phi) is 4.73. The maximum atomic E-state index is 11.8. The smallest absolute Gasteiger partial charge is 0.340 e. The molecule has 0 aliphatic rings. The molecule has 0 aliphatic carbocycles. The third kappa shape index (κ3) is 4.42. The average Bonchev–Trinajstić information content (AvgIpc) is 2.35. The van der Waals surface area contributed by atoms with E-state index in [2.05, 4.69) is 4.98 Å². The Hall–Kier alpha value is -1.80. The lowest BCUT2D eigenvalue weighted by Gasteiger charge is -2.20. The van der Waals surface area contributed by atoms with Crippen LogP contribution in [0.2, 0.25) is 0 Å². The van der Waals surface area contributed by atoms with Gasteiger partial charge in [0.1, 0.15) is 17.5 Å². The van der Waals surface area contributed by atoms with Gasteiger partial charge in [0.15, 0.2) is 0 Å². The Morgan fingerprint density at radius 3 is 2.58 bits per heavy atom. The van der Waals surface area contributed by atoms with Gasteiger partial charge in [-0.05, 0) is 39.8 Å². The van der Waals surface area contributed by atoms with Crippen LogP contribution < -0.4 is 4.42 Å². The molecule has 0 bridgehead atoms. The number of hydrogen-bond acceptors (Lipinski definition) is 5. The average molecular weight is 282 g/mol. The van der Waals surface area contributed by atoms with Crippen molar-refractivity contribution in [2.75, 3.05) is 4.42 Å². The van der Waals surface area contributed by atoms with Gasteiger partial charge in [-0.15, -0.1) is 0 Å². The number of esters is 1. The molecule has 6 heteroatoms. The number of anilines is 1. The van der Waals surface area contributed by atoms with Gasteiger partial charge in [0.05, 0.1) is 11.6 Å². The zero-order valence-corrected chi connectivity index (χ0v) is 12.1. The summed E-state index contributed by atoms with van der Waals surface area (Å²) in [5, 5.41) is 8.76. The first kappa shape index (κ1) is 15.3. The first-order chi connectivity index (χ1) is 8.74. The number of carbonyl (C=O) groups excluding carboxylic acids is 1. The quantitative estimate of drug-likeness (QED) is 0.629. The topological polar surface area (TPSA) is 66.2 Å². The van der Waals surface area contributed by atoms with E-state index in [1.54, 1.807) is 39.8 Å². The number of ether oxygens (including phenoxy) is 1. The van der Waals surface area contributed by atoms with Crippen LogP contribution in [0.3, 0.4) is 0 Å². The maximum Gasteiger partial charge on any atom is 0.340 e. The van der Waals surface area contributed by atoms with E-state index in [-0.39, 0.29) is 0 Å². The van der Waals surface area contributed by atoms with Crippen LogP contribution in [0.25, 0.3) is 0 Å². The van der Waals surface area contributed by atoms with Crippen molar-refractivity contribution < 1.29 is 9.53 Å². The van der Waals surface area contributed by atoms with Gasteiger partial charge in [0.2, 0.25) is 0 Å². The van der Waals surface area contributed by atoms with Gasteiger partial charge >= 0.3 is 5.97 Å². The second-order valence-corrected chi connectivity index (χ2v) is 5.39. The van der Waals surface area contributed by atoms with E-state index in [1.165, 1.54) is 10.6 Å². The van der Waals surface area contributed by atoms with E-state index in [0.29, 0.717) is 11.4 Å². The fraction of sp³-hybridized carbons (Fsp3) is 0.462. The normalized spacial score (nSPS) is 12.4. The van der Waals surface area contributed by atoms with Crippen LogP contribution in [0.1, 0.15) is 38.1 Å². The van der Waals surface area contributed by atoms with E-state index in [4.69, 9.17) is 21.8 Å². The summed E-state index contributed by atoms with van der Waals surface area (Å²) in [4.78, 5) is 15.8. The molecule has 0 aliphatic heterocycles. The molecule has 1 atom stereocenters. The van der Waals surface area contributed by atoms with Crippen molar-refractivity contribution in [1.82, 2.24) is 4.98 Å². The Balaban J connectivity index is 2.83. The second kappa shape index (κ2) is 5.89. The number of aromatic nitrogens is 1. The molecule has 0 saturated carbocycles. The first-order valence-electron chi connectivity index (χ1n) is 5.78. The van der Waals surface area contributed by atoms with Crippen LogP contribution in [-0.2, 0) is 4.74 Å². The SMILES string of the molecule is C[C@H](C#N)N(Cl)c1ccc(C(=O)OC(C)(C)C)cn1. The monoisotopic (exact) mass is 281 g/mol. The molecular weight excluding hydrogens is 266 g/mol. The minimum Gasteiger partial charge on any atom is -0.456 e. The number of pyridine rings is 1. The van der Waals surface area contributed by atoms with Crippen molar-refractivity contribution >= 4 is 23.6 Å². The predicted octanol–water partition coefficient (Wildman–Crippen LogP) is 2.91. The summed E-state index contributed by atoms with van der Waals surface area (Å²) in [5.41, 5.74) is -0.211. The summed E-state index contributed by atoms with van der Waals surface area (Å²) in [6.07, 6.45) is 1.38. The molecule has 0 unspecified atom stereocenters. The van der Waals surface area contributed by atoms with Gasteiger partial charge in [0, 0.05) is 18.0 Å². The van der Waals surface area contributed by atoms with Gasteiger partial charge in [0.25, 0.3) is 0 Å². The summed E-state index contributed by atoms with van der Waals surface area (Å²) in [6.45, 7) is 7.03. The molecule has 1 aromatic rings. The molecular formula is C13H16ClN3O2. The lowest BCUT2D eigenvalue weighted by molar-refractivity contribution is 0.00691. The van der Waals surface area contributed by atoms with E-state index in [9.17, 15) is 4.79 Å². The van der Waals surface area contributed by atoms with Crippen LogP contribution in [0, 0.1) is 11.3 Å². The van der Waals surface area contributed by atoms with E-state index >= 15 is 0 Å². The molecule has 0 radical (unpaired) electrons.